The Morgan fingerprint density at radius 2 is 1.75 bits per heavy atom. The van der Waals surface area contributed by atoms with Crippen LogP contribution in [0.5, 0.6) is 0 Å². The van der Waals surface area contributed by atoms with Gasteiger partial charge in [-0.25, -0.2) is 4.79 Å². The molecule has 2 aromatic carbocycles. The van der Waals surface area contributed by atoms with Crippen LogP contribution < -0.4 is 16.7 Å². The largest absolute Gasteiger partial charge is 0.423 e. The zero-order valence-electron chi connectivity index (χ0n) is 15.6. The third kappa shape index (κ3) is 4.61. The average molecular weight is 396 g/mol. The van der Waals surface area contributed by atoms with Crippen LogP contribution in [0.4, 0.5) is 5.69 Å². The number of carbonyl (C=O) groups excluding carboxylic acids is 2. The van der Waals surface area contributed by atoms with Crippen LogP contribution in [-0.2, 0) is 10.5 Å². The van der Waals surface area contributed by atoms with Crippen LogP contribution in [0.2, 0.25) is 0 Å². The highest BCUT2D eigenvalue weighted by atomic mass is 32.2. The summed E-state index contributed by atoms with van der Waals surface area (Å²) in [6.07, 6.45) is 0. The number of amides is 2. The Morgan fingerprint density at radius 3 is 2.43 bits per heavy atom. The summed E-state index contributed by atoms with van der Waals surface area (Å²) in [7, 11) is 0. The molecule has 1 aromatic heterocycles. The first kappa shape index (κ1) is 19.7. The van der Waals surface area contributed by atoms with E-state index in [1.165, 1.54) is 17.8 Å². The number of anilines is 1. The van der Waals surface area contributed by atoms with E-state index in [0.717, 1.165) is 22.1 Å². The minimum atomic E-state index is -0.515. The highest BCUT2D eigenvalue weighted by Gasteiger charge is 2.10. The van der Waals surface area contributed by atoms with Crippen LogP contribution in [0.25, 0.3) is 11.0 Å². The number of thioether (sulfide) groups is 1. The molecule has 0 aliphatic carbocycles. The smallest absolute Gasteiger partial charge is 0.336 e. The number of aryl methyl sites for hydroxylation is 2. The van der Waals surface area contributed by atoms with Gasteiger partial charge in [-0.2, -0.15) is 0 Å². The number of carbonyl (C=O) groups is 2. The average Bonchev–Trinajstić information content (AvgIpc) is 2.63. The van der Waals surface area contributed by atoms with Crippen molar-refractivity contribution in [1.29, 1.82) is 0 Å². The van der Waals surface area contributed by atoms with Crippen molar-refractivity contribution in [2.24, 2.45) is 5.73 Å². The van der Waals surface area contributed by atoms with E-state index in [1.54, 1.807) is 24.3 Å². The van der Waals surface area contributed by atoms with E-state index >= 15 is 0 Å². The van der Waals surface area contributed by atoms with Crippen LogP contribution in [-0.4, -0.2) is 17.6 Å². The van der Waals surface area contributed by atoms with Crippen molar-refractivity contribution in [1.82, 2.24) is 0 Å². The second-order valence-electron chi connectivity index (χ2n) is 6.51. The number of rotatable bonds is 6. The molecule has 0 saturated heterocycles. The minimum absolute atomic E-state index is 0.170. The molecule has 1 heterocycles. The molecular weight excluding hydrogens is 376 g/mol. The van der Waals surface area contributed by atoms with Gasteiger partial charge in [0.15, 0.2) is 0 Å². The number of benzene rings is 2. The first-order chi connectivity index (χ1) is 13.3. The summed E-state index contributed by atoms with van der Waals surface area (Å²) >= 11 is 1.41. The molecule has 0 spiro atoms. The fourth-order valence-corrected chi connectivity index (χ4v) is 3.59. The third-order valence-electron chi connectivity index (χ3n) is 4.39. The van der Waals surface area contributed by atoms with Crippen molar-refractivity contribution >= 4 is 40.2 Å². The van der Waals surface area contributed by atoms with E-state index in [9.17, 15) is 14.4 Å². The van der Waals surface area contributed by atoms with Crippen molar-refractivity contribution in [2.45, 2.75) is 19.6 Å². The molecule has 0 radical (unpaired) electrons. The first-order valence-corrected chi connectivity index (χ1v) is 9.80. The maximum absolute atomic E-state index is 12.1. The zero-order valence-corrected chi connectivity index (χ0v) is 16.4. The number of primary amides is 1. The third-order valence-corrected chi connectivity index (χ3v) is 5.37. The maximum Gasteiger partial charge on any atom is 0.336 e. The molecule has 0 atom stereocenters. The minimum Gasteiger partial charge on any atom is -0.423 e. The Balaban J connectivity index is 1.64. The molecule has 0 aliphatic rings. The first-order valence-electron chi connectivity index (χ1n) is 8.65. The van der Waals surface area contributed by atoms with Gasteiger partial charge in [0.05, 0.1) is 5.75 Å². The Morgan fingerprint density at radius 1 is 1.07 bits per heavy atom. The molecule has 0 saturated carbocycles. The molecule has 28 heavy (non-hydrogen) atoms. The van der Waals surface area contributed by atoms with E-state index in [0.29, 0.717) is 22.6 Å². The molecule has 0 fully saturated rings. The monoisotopic (exact) mass is 396 g/mol. The van der Waals surface area contributed by atoms with Crippen LogP contribution >= 0.6 is 11.8 Å². The fourth-order valence-electron chi connectivity index (χ4n) is 2.77. The number of hydrogen-bond acceptors (Lipinski definition) is 5. The van der Waals surface area contributed by atoms with Crippen molar-refractivity contribution in [2.75, 3.05) is 11.1 Å². The Kier molecular flexibility index (Phi) is 5.84. The van der Waals surface area contributed by atoms with E-state index in [4.69, 9.17) is 10.2 Å². The molecule has 0 bridgehead atoms. The topological polar surface area (TPSA) is 102 Å². The normalized spacial score (nSPS) is 10.8. The van der Waals surface area contributed by atoms with Gasteiger partial charge >= 0.3 is 5.63 Å². The lowest BCUT2D eigenvalue weighted by Gasteiger charge is -2.09. The lowest BCUT2D eigenvalue weighted by atomic mass is 10.0. The van der Waals surface area contributed by atoms with Gasteiger partial charge < -0.3 is 15.5 Å². The van der Waals surface area contributed by atoms with Crippen molar-refractivity contribution in [3.63, 3.8) is 0 Å². The molecule has 3 aromatic rings. The molecule has 6 nitrogen and oxygen atoms in total. The second kappa shape index (κ2) is 8.31. The van der Waals surface area contributed by atoms with Crippen molar-refractivity contribution in [3.05, 3.63) is 75.1 Å². The van der Waals surface area contributed by atoms with Gasteiger partial charge in [-0.1, -0.05) is 0 Å². The summed E-state index contributed by atoms with van der Waals surface area (Å²) in [4.78, 5) is 35.0. The van der Waals surface area contributed by atoms with Crippen LogP contribution in [0.1, 0.15) is 27.0 Å². The summed E-state index contributed by atoms with van der Waals surface area (Å²) in [6.45, 7) is 3.98. The molecular formula is C21H20N2O4S. The van der Waals surface area contributed by atoms with E-state index in [1.807, 2.05) is 26.0 Å². The molecule has 3 N–H and O–H groups in total. The highest BCUT2D eigenvalue weighted by molar-refractivity contribution is 7.99. The number of hydrogen-bond donors (Lipinski definition) is 2. The van der Waals surface area contributed by atoms with Crippen molar-refractivity contribution in [3.8, 4) is 0 Å². The predicted octanol–water partition coefficient (Wildman–Crippen LogP) is 3.38. The quantitative estimate of drug-likeness (QED) is 0.622. The lowest BCUT2D eigenvalue weighted by molar-refractivity contribution is -0.113. The Bertz CT molecular complexity index is 1100. The lowest BCUT2D eigenvalue weighted by Crippen LogP contribution is -2.15. The van der Waals surface area contributed by atoms with Crippen molar-refractivity contribution < 1.29 is 14.0 Å². The number of nitrogens with one attached hydrogen (secondary N) is 1. The molecule has 3 rings (SSSR count). The van der Waals surface area contributed by atoms with E-state index < -0.39 is 11.5 Å². The molecule has 7 heteroatoms. The number of nitrogens with two attached hydrogens (primary N) is 1. The van der Waals surface area contributed by atoms with Gasteiger partial charge in [-0.05, 0) is 66.9 Å². The fraction of sp³-hybridized carbons (Fsp3) is 0.190. The summed E-state index contributed by atoms with van der Waals surface area (Å²) in [5.41, 5.74) is 9.35. The molecule has 0 unspecified atom stereocenters. The summed E-state index contributed by atoms with van der Waals surface area (Å²) < 4.78 is 5.29. The van der Waals surface area contributed by atoms with E-state index in [-0.39, 0.29) is 11.7 Å². The molecule has 2 amide bonds. The van der Waals surface area contributed by atoms with Gasteiger partial charge in [0.1, 0.15) is 5.58 Å². The number of fused-ring (bicyclic) bond motifs is 1. The van der Waals surface area contributed by atoms with Crippen LogP contribution in [0.3, 0.4) is 0 Å². The molecule has 0 aliphatic heterocycles. The van der Waals surface area contributed by atoms with Gasteiger partial charge in [-0.3, -0.25) is 9.59 Å². The second-order valence-corrected chi connectivity index (χ2v) is 7.49. The summed E-state index contributed by atoms with van der Waals surface area (Å²) in [5, 5.41) is 3.65. The maximum atomic E-state index is 12.1. The summed E-state index contributed by atoms with van der Waals surface area (Å²) in [5.74, 6) is 0.0533. The SMILES string of the molecule is Cc1cc2oc(=O)cc(CSCC(=O)Nc3ccc(C(N)=O)cc3)c2cc1C. The van der Waals surface area contributed by atoms with Gasteiger partial charge in [0.2, 0.25) is 11.8 Å². The van der Waals surface area contributed by atoms with Gasteiger partial charge in [0, 0.05) is 28.5 Å². The van der Waals surface area contributed by atoms with Gasteiger partial charge in [-0.15, -0.1) is 11.8 Å². The van der Waals surface area contributed by atoms with Crippen LogP contribution in [0, 0.1) is 13.8 Å². The predicted molar refractivity (Wildman–Crippen MR) is 112 cm³/mol. The standard InChI is InChI=1S/C21H20N2O4S/c1-12-7-17-15(9-20(25)27-18(17)8-13(12)2)10-28-11-19(24)23-16-5-3-14(4-6-16)21(22)26/h3-9H,10-11H2,1-2H3,(H2,22,26)(H,23,24). The van der Waals surface area contributed by atoms with E-state index in [2.05, 4.69) is 5.32 Å². The molecule has 144 valence electrons. The van der Waals surface area contributed by atoms with Gasteiger partial charge in [0.25, 0.3) is 0 Å². The summed E-state index contributed by atoms with van der Waals surface area (Å²) in [6, 6.07) is 11.7. The Labute approximate surface area is 166 Å². The Hall–Kier alpha value is -3.06. The zero-order chi connectivity index (χ0) is 20.3. The van der Waals surface area contributed by atoms with Crippen LogP contribution in [0.15, 0.2) is 51.7 Å². The highest BCUT2D eigenvalue weighted by Crippen LogP contribution is 2.24.